The normalized spacial score (nSPS) is 17.8. The molecule has 2 amide bonds. The summed E-state index contributed by atoms with van der Waals surface area (Å²) in [6.07, 6.45) is 3.55. The molecule has 2 aromatic rings. The van der Waals surface area contributed by atoms with Gasteiger partial charge in [-0.25, -0.2) is 4.79 Å². The van der Waals surface area contributed by atoms with E-state index < -0.39 is 0 Å². The lowest BCUT2D eigenvalue weighted by Gasteiger charge is -2.14. The summed E-state index contributed by atoms with van der Waals surface area (Å²) in [6, 6.07) is 14.3. The monoisotopic (exact) mass is 439 g/mol. The van der Waals surface area contributed by atoms with Crippen LogP contribution < -0.4 is 0 Å². The van der Waals surface area contributed by atoms with Gasteiger partial charge in [0.15, 0.2) is 0 Å². The molecule has 0 aliphatic carbocycles. The number of hydrogen-bond acceptors (Lipinski definition) is 6. The molecule has 2 heterocycles. The Labute approximate surface area is 185 Å². The van der Waals surface area contributed by atoms with Crippen molar-refractivity contribution in [2.75, 3.05) is 25.5 Å². The molecule has 0 bridgehead atoms. The molecule has 162 valence electrons. The molecule has 0 saturated carbocycles. The molecule has 0 radical (unpaired) electrons. The van der Waals surface area contributed by atoms with E-state index >= 15 is 0 Å². The van der Waals surface area contributed by atoms with Crippen molar-refractivity contribution in [1.29, 1.82) is 0 Å². The lowest BCUT2D eigenvalue weighted by Crippen LogP contribution is -2.30. The number of unbranched alkanes of at least 4 members (excludes halogenated alkanes) is 1. The molecular formula is C24H25NO5S. The summed E-state index contributed by atoms with van der Waals surface area (Å²) in [6.45, 7) is 1.38. The average molecular weight is 440 g/mol. The van der Waals surface area contributed by atoms with Crippen LogP contribution in [0.3, 0.4) is 0 Å². The second-order valence-electron chi connectivity index (χ2n) is 7.59. The number of fused-ring (bicyclic) bond motifs is 1. The zero-order valence-electron chi connectivity index (χ0n) is 17.2. The second-order valence-corrected chi connectivity index (χ2v) is 8.65. The Kier molecular flexibility index (Phi) is 7.04. The molecule has 7 heteroatoms. The summed E-state index contributed by atoms with van der Waals surface area (Å²) in [7, 11) is 0. The number of benzene rings is 2. The van der Waals surface area contributed by atoms with Gasteiger partial charge in [0, 0.05) is 23.8 Å². The Morgan fingerprint density at radius 1 is 1.03 bits per heavy atom. The topological polar surface area (TPSA) is 72.9 Å². The molecule has 1 atom stereocenters. The molecular weight excluding hydrogens is 414 g/mol. The molecule has 1 saturated heterocycles. The largest absolute Gasteiger partial charge is 0.462 e. The maximum Gasteiger partial charge on any atom is 0.339 e. The number of thioether (sulfide) groups is 1. The van der Waals surface area contributed by atoms with Crippen LogP contribution in [0, 0.1) is 0 Å². The van der Waals surface area contributed by atoms with Crippen LogP contribution in [-0.4, -0.2) is 54.3 Å². The van der Waals surface area contributed by atoms with E-state index in [-0.39, 0.29) is 30.5 Å². The zero-order chi connectivity index (χ0) is 21.6. The molecule has 2 aromatic carbocycles. The van der Waals surface area contributed by atoms with Crippen molar-refractivity contribution in [1.82, 2.24) is 4.90 Å². The van der Waals surface area contributed by atoms with Crippen LogP contribution in [0.5, 0.6) is 0 Å². The van der Waals surface area contributed by atoms with Crippen LogP contribution in [-0.2, 0) is 9.47 Å². The molecule has 0 unspecified atom stereocenters. The molecule has 2 aliphatic heterocycles. The highest BCUT2D eigenvalue weighted by molar-refractivity contribution is 7.99. The minimum atomic E-state index is -0.351. The molecule has 0 spiro atoms. The zero-order valence-corrected chi connectivity index (χ0v) is 18.1. The second kappa shape index (κ2) is 10.1. The number of imide groups is 1. The number of nitrogens with zero attached hydrogens (tertiary/aromatic N) is 1. The lowest BCUT2D eigenvalue weighted by atomic mass is 10.1. The van der Waals surface area contributed by atoms with E-state index in [1.54, 1.807) is 42.1 Å². The fourth-order valence-corrected chi connectivity index (χ4v) is 4.89. The first kappa shape index (κ1) is 21.6. The van der Waals surface area contributed by atoms with Gasteiger partial charge < -0.3 is 9.47 Å². The fourth-order valence-electron chi connectivity index (χ4n) is 3.78. The number of ether oxygens (including phenoxy) is 2. The predicted octanol–water partition coefficient (Wildman–Crippen LogP) is 4.19. The van der Waals surface area contributed by atoms with Crippen LogP contribution in [0.1, 0.15) is 56.8 Å². The van der Waals surface area contributed by atoms with Crippen LogP contribution in [0.2, 0.25) is 0 Å². The Balaban J connectivity index is 1.22. The van der Waals surface area contributed by atoms with Crippen LogP contribution in [0.4, 0.5) is 0 Å². The third kappa shape index (κ3) is 4.99. The third-order valence-corrected chi connectivity index (χ3v) is 6.65. The first-order valence-corrected chi connectivity index (χ1v) is 11.6. The molecule has 2 aliphatic rings. The Morgan fingerprint density at radius 2 is 1.74 bits per heavy atom. The number of rotatable bonds is 9. The van der Waals surface area contributed by atoms with Gasteiger partial charge in [0.25, 0.3) is 11.8 Å². The summed E-state index contributed by atoms with van der Waals surface area (Å²) >= 11 is 1.62. The van der Waals surface area contributed by atoms with Gasteiger partial charge in [0.1, 0.15) is 0 Å². The Hall–Kier alpha value is -2.64. The van der Waals surface area contributed by atoms with Crippen LogP contribution in [0.25, 0.3) is 0 Å². The van der Waals surface area contributed by atoms with Gasteiger partial charge in [0.2, 0.25) is 0 Å². The van der Waals surface area contributed by atoms with Gasteiger partial charge in [-0.05, 0) is 49.9 Å². The van der Waals surface area contributed by atoms with Crippen LogP contribution >= 0.6 is 11.8 Å². The number of esters is 1. The minimum absolute atomic E-state index is 0.243. The highest BCUT2D eigenvalue weighted by Crippen LogP contribution is 2.27. The molecule has 6 nitrogen and oxygen atoms in total. The van der Waals surface area contributed by atoms with Crippen molar-refractivity contribution in [2.24, 2.45) is 0 Å². The van der Waals surface area contributed by atoms with Crippen molar-refractivity contribution >= 4 is 29.5 Å². The molecule has 0 aromatic heterocycles. The SMILES string of the molecule is O=C(OCCCCN1C(=O)c2ccccc2C1=O)c1ccccc1SC[C@@H]1CCCO1. The van der Waals surface area contributed by atoms with E-state index in [1.807, 2.05) is 18.2 Å². The minimum Gasteiger partial charge on any atom is -0.462 e. The van der Waals surface area contributed by atoms with Gasteiger partial charge in [0.05, 0.1) is 29.4 Å². The highest BCUT2D eigenvalue weighted by Gasteiger charge is 2.34. The van der Waals surface area contributed by atoms with Gasteiger partial charge in [-0.15, -0.1) is 11.8 Å². The maximum atomic E-state index is 12.5. The average Bonchev–Trinajstić information content (AvgIpc) is 3.40. The Bertz CT molecular complexity index is 935. The summed E-state index contributed by atoms with van der Waals surface area (Å²) in [5.41, 5.74) is 1.47. The Morgan fingerprint density at radius 3 is 2.45 bits per heavy atom. The van der Waals surface area contributed by atoms with E-state index in [9.17, 15) is 14.4 Å². The van der Waals surface area contributed by atoms with Crippen molar-refractivity contribution in [3.63, 3.8) is 0 Å². The molecule has 31 heavy (non-hydrogen) atoms. The third-order valence-electron chi connectivity index (χ3n) is 5.44. The first-order chi connectivity index (χ1) is 15.1. The van der Waals surface area contributed by atoms with Crippen LogP contribution in [0.15, 0.2) is 53.4 Å². The van der Waals surface area contributed by atoms with Gasteiger partial charge in [-0.3, -0.25) is 14.5 Å². The summed E-state index contributed by atoms with van der Waals surface area (Å²) in [5.74, 6) is -0.0364. The number of carbonyl (C=O) groups excluding carboxylic acids is 3. The maximum absolute atomic E-state index is 12.5. The van der Waals surface area contributed by atoms with E-state index in [2.05, 4.69) is 0 Å². The predicted molar refractivity (Wildman–Crippen MR) is 117 cm³/mol. The van der Waals surface area contributed by atoms with Crippen molar-refractivity contribution in [3.8, 4) is 0 Å². The van der Waals surface area contributed by atoms with E-state index in [0.29, 0.717) is 36.1 Å². The highest BCUT2D eigenvalue weighted by atomic mass is 32.2. The van der Waals surface area contributed by atoms with Crippen molar-refractivity contribution < 1.29 is 23.9 Å². The van der Waals surface area contributed by atoms with E-state index in [0.717, 1.165) is 30.1 Å². The van der Waals surface area contributed by atoms with Gasteiger partial charge in [-0.1, -0.05) is 24.3 Å². The van der Waals surface area contributed by atoms with Crippen molar-refractivity contribution in [2.45, 2.75) is 36.7 Å². The summed E-state index contributed by atoms with van der Waals surface area (Å²) < 4.78 is 11.1. The fraction of sp³-hybridized carbons (Fsp3) is 0.375. The van der Waals surface area contributed by atoms with Gasteiger partial charge in [-0.2, -0.15) is 0 Å². The lowest BCUT2D eigenvalue weighted by molar-refractivity contribution is 0.0482. The smallest absolute Gasteiger partial charge is 0.339 e. The van der Waals surface area contributed by atoms with Crippen molar-refractivity contribution in [3.05, 3.63) is 65.2 Å². The summed E-state index contributed by atoms with van der Waals surface area (Å²) in [5, 5.41) is 0. The van der Waals surface area contributed by atoms with E-state index in [1.165, 1.54) is 4.90 Å². The number of hydrogen-bond donors (Lipinski definition) is 0. The molecule has 1 fully saturated rings. The molecule has 0 N–H and O–H groups in total. The molecule has 4 rings (SSSR count). The quantitative estimate of drug-likeness (QED) is 0.252. The van der Waals surface area contributed by atoms with E-state index in [4.69, 9.17) is 9.47 Å². The summed E-state index contributed by atoms with van der Waals surface area (Å²) in [4.78, 5) is 39.4. The number of carbonyl (C=O) groups is 3. The van der Waals surface area contributed by atoms with Gasteiger partial charge >= 0.3 is 5.97 Å². The standard InChI is InChI=1S/C24H25NO5S/c26-22-18-9-1-2-10-19(18)23(27)25(22)13-5-6-14-30-24(28)20-11-3-4-12-21(20)31-16-17-8-7-15-29-17/h1-4,9-12,17H,5-8,13-16H2/t17-/m0/s1. The number of amides is 2. The first-order valence-electron chi connectivity index (χ1n) is 10.6.